The molecule has 0 saturated heterocycles. The van der Waals surface area contributed by atoms with Crippen LogP contribution in [0.15, 0.2) is 164 Å². The minimum atomic E-state index is 0.289. The van der Waals surface area contributed by atoms with E-state index in [1.54, 1.807) is 0 Å². The van der Waals surface area contributed by atoms with Crippen molar-refractivity contribution in [1.82, 2.24) is 9.55 Å². The van der Waals surface area contributed by atoms with Gasteiger partial charge in [-0.3, -0.25) is 4.98 Å². The highest BCUT2D eigenvalue weighted by Crippen LogP contribution is 2.49. The molecule has 0 spiro atoms. The van der Waals surface area contributed by atoms with Crippen LogP contribution in [-0.4, -0.2) is 15.6 Å². The summed E-state index contributed by atoms with van der Waals surface area (Å²) in [6, 6.07) is 48.5. The van der Waals surface area contributed by atoms with E-state index in [-0.39, 0.29) is 6.04 Å². The number of anilines is 2. The minimum absolute atomic E-state index is 0.289. The highest BCUT2D eigenvalue weighted by Gasteiger charge is 2.37. The molecule has 2 aromatic heterocycles. The van der Waals surface area contributed by atoms with Crippen molar-refractivity contribution in [2.24, 2.45) is 0 Å². The summed E-state index contributed by atoms with van der Waals surface area (Å²) in [5.41, 5.74) is 12.0. The topological polar surface area (TPSA) is 21.1 Å². The number of hydrogen-bond acceptors (Lipinski definition) is 2. The largest absolute Gasteiger partial charge is 0.333 e. The highest BCUT2D eigenvalue weighted by molar-refractivity contribution is 6.10. The van der Waals surface area contributed by atoms with Gasteiger partial charge in [0.15, 0.2) is 0 Å². The van der Waals surface area contributed by atoms with Crippen molar-refractivity contribution in [3.63, 3.8) is 0 Å². The van der Waals surface area contributed by atoms with E-state index in [9.17, 15) is 0 Å². The van der Waals surface area contributed by atoms with Gasteiger partial charge in [0.25, 0.3) is 0 Å². The molecule has 5 aromatic carbocycles. The van der Waals surface area contributed by atoms with Crippen LogP contribution in [0.5, 0.6) is 0 Å². The van der Waals surface area contributed by atoms with Gasteiger partial charge >= 0.3 is 0 Å². The molecule has 0 saturated carbocycles. The van der Waals surface area contributed by atoms with Crippen molar-refractivity contribution < 1.29 is 0 Å². The number of fused-ring (bicyclic) bond motifs is 6. The fourth-order valence-corrected chi connectivity index (χ4v) is 7.16. The first-order valence-corrected chi connectivity index (χ1v) is 15.2. The van der Waals surface area contributed by atoms with Crippen molar-refractivity contribution in [3.05, 3.63) is 170 Å². The Balaban J connectivity index is 1.15. The maximum atomic E-state index is 4.53. The summed E-state index contributed by atoms with van der Waals surface area (Å²) >= 11 is 0. The number of hydrogen-bond donors (Lipinski definition) is 0. The van der Waals surface area contributed by atoms with E-state index in [0.29, 0.717) is 5.92 Å². The molecule has 0 N–H and O–H groups in total. The molecule has 0 fully saturated rings. The van der Waals surface area contributed by atoms with Crippen LogP contribution in [0.2, 0.25) is 0 Å². The lowest BCUT2D eigenvalue weighted by atomic mass is 9.89. The van der Waals surface area contributed by atoms with Crippen LogP contribution >= 0.6 is 0 Å². The number of rotatable bonds is 4. The van der Waals surface area contributed by atoms with Gasteiger partial charge in [0.2, 0.25) is 0 Å². The fourth-order valence-electron chi connectivity index (χ4n) is 7.16. The maximum absolute atomic E-state index is 4.53. The predicted octanol–water partition coefficient (Wildman–Crippen LogP) is 10.2. The monoisotopic (exact) mass is 563 g/mol. The predicted molar refractivity (Wildman–Crippen MR) is 183 cm³/mol. The molecule has 0 amide bonds. The van der Waals surface area contributed by atoms with E-state index in [2.05, 4.69) is 160 Å². The molecular formula is C41H29N3. The normalized spacial score (nSPS) is 16.9. The Bertz CT molecular complexity index is 2220. The number of pyridine rings is 1. The molecule has 3 nitrogen and oxygen atoms in total. The molecule has 3 heteroatoms. The lowest BCUT2D eigenvalue weighted by Gasteiger charge is -2.28. The third-order valence-corrected chi connectivity index (χ3v) is 9.18. The summed E-state index contributed by atoms with van der Waals surface area (Å²) in [6.45, 7) is 0. The van der Waals surface area contributed by atoms with Crippen LogP contribution in [-0.2, 0) is 0 Å². The second-order valence-electron chi connectivity index (χ2n) is 11.6. The summed E-state index contributed by atoms with van der Waals surface area (Å²) in [5, 5.41) is 2.52. The molecule has 208 valence electrons. The molecule has 0 bridgehead atoms. The van der Waals surface area contributed by atoms with Crippen molar-refractivity contribution in [2.45, 2.75) is 12.0 Å². The summed E-state index contributed by atoms with van der Waals surface area (Å²) in [6.07, 6.45) is 10.9. The molecule has 3 heterocycles. The van der Waals surface area contributed by atoms with Gasteiger partial charge < -0.3 is 9.47 Å². The summed E-state index contributed by atoms with van der Waals surface area (Å²) in [5.74, 6) is 0.329. The molecule has 7 aromatic rings. The van der Waals surface area contributed by atoms with Crippen molar-refractivity contribution in [3.8, 4) is 28.1 Å². The first-order chi connectivity index (χ1) is 21.8. The zero-order chi connectivity index (χ0) is 29.0. The number of para-hydroxylation sites is 2. The van der Waals surface area contributed by atoms with Crippen LogP contribution in [0.3, 0.4) is 0 Å². The highest BCUT2D eigenvalue weighted by atomic mass is 15.2. The summed E-state index contributed by atoms with van der Waals surface area (Å²) in [4.78, 5) is 7.01. The molecule has 2 aliphatic rings. The van der Waals surface area contributed by atoms with Crippen LogP contribution < -0.4 is 4.90 Å². The number of nitrogens with zero attached hydrogens (tertiary/aromatic N) is 3. The van der Waals surface area contributed by atoms with E-state index in [1.165, 1.54) is 49.9 Å². The molecule has 0 radical (unpaired) electrons. The standard InChI is InChI=1S/C41H29N3/c1-2-10-31(11-3-1)43-38-15-6-4-12-33(38)35-26-29(19-23-40(35)43)30-20-24-41-36(27-30)34-13-5-7-16-39(34)44(41)32-21-17-28(18-22-32)37-14-8-9-25-42-37/h1-27,33,38H. The lowest BCUT2D eigenvalue weighted by Crippen LogP contribution is -2.28. The molecule has 1 aliphatic heterocycles. The van der Waals surface area contributed by atoms with Crippen LogP contribution in [0.1, 0.15) is 11.5 Å². The van der Waals surface area contributed by atoms with Gasteiger partial charge in [-0.05, 0) is 83.4 Å². The Morgan fingerprint density at radius 1 is 0.523 bits per heavy atom. The van der Waals surface area contributed by atoms with Crippen molar-refractivity contribution in [1.29, 1.82) is 0 Å². The van der Waals surface area contributed by atoms with Crippen molar-refractivity contribution in [2.75, 3.05) is 4.90 Å². The summed E-state index contributed by atoms with van der Waals surface area (Å²) in [7, 11) is 0. The van der Waals surface area contributed by atoms with Gasteiger partial charge in [-0.2, -0.15) is 0 Å². The molecule has 1 aliphatic carbocycles. The van der Waals surface area contributed by atoms with Gasteiger partial charge in [0.1, 0.15) is 0 Å². The van der Waals surface area contributed by atoms with Gasteiger partial charge in [-0.25, -0.2) is 0 Å². The average Bonchev–Trinajstić information content (AvgIpc) is 3.61. The summed E-state index contributed by atoms with van der Waals surface area (Å²) < 4.78 is 2.38. The van der Waals surface area contributed by atoms with E-state index < -0.39 is 0 Å². The molecule has 44 heavy (non-hydrogen) atoms. The number of allylic oxidation sites excluding steroid dienone is 2. The SMILES string of the molecule is C1=CC2c3cc(-c4ccc5c(c4)c4ccccc4n5-c4ccc(-c5ccccn5)cc4)ccc3N(c3ccccc3)C2C=C1. The van der Waals surface area contributed by atoms with Crippen molar-refractivity contribution >= 4 is 33.2 Å². The van der Waals surface area contributed by atoms with Crippen LogP contribution in [0.25, 0.3) is 49.9 Å². The van der Waals surface area contributed by atoms with Gasteiger partial charge in [0.05, 0.1) is 22.8 Å². The lowest BCUT2D eigenvalue weighted by molar-refractivity contribution is 0.745. The Morgan fingerprint density at radius 3 is 2.11 bits per heavy atom. The third kappa shape index (κ3) is 3.86. The zero-order valence-corrected chi connectivity index (χ0v) is 24.1. The number of benzene rings is 5. The van der Waals surface area contributed by atoms with Gasteiger partial charge in [-0.1, -0.05) is 91.0 Å². The second-order valence-corrected chi connectivity index (χ2v) is 11.6. The number of aromatic nitrogens is 2. The molecular weight excluding hydrogens is 534 g/mol. The average molecular weight is 564 g/mol. The molecule has 9 rings (SSSR count). The molecule has 2 atom stereocenters. The van der Waals surface area contributed by atoms with Crippen LogP contribution in [0.4, 0.5) is 11.4 Å². The van der Waals surface area contributed by atoms with E-state index >= 15 is 0 Å². The Labute approximate surface area is 256 Å². The first kappa shape index (κ1) is 24.9. The minimum Gasteiger partial charge on any atom is -0.333 e. The van der Waals surface area contributed by atoms with Gasteiger partial charge in [-0.15, -0.1) is 0 Å². The van der Waals surface area contributed by atoms with Gasteiger partial charge in [0, 0.05) is 45.5 Å². The molecule has 2 unspecified atom stereocenters. The van der Waals surface area contributed by atoms with E-state index in [4.69, 9.17) is 0 Å². The second kappa shape index (κ2) is 9.96. The van der Waals surface area contributed by atoms with E-state index in [0.717, 1.165) is 16.9 Å². The quantitative estimate of drug-likeness (QED) is 0.212. The smallest absolute Gasteiger partial charge is 0.0701 e. The Morgan fingerprint density at radius 2 is 1.25 bits per heavy atom. The Hall–Kier alpha value is -5.67. The van der Waals surface area contributed by atoms with E-state index in [1.807, 2.05) is 18.3 Å². The maximum Gasteiger partial charge on any atom is 0.0701 e. The van der Waals surface area contributed by atoms with Crippen LogP contribution in [0, 0.1) is 0 Å². The zero-order valence-electron chi connectivity index (χ0n) is 24.1. The Kier molecular flexibility index (Phi) is 5.63. The third-order valence-electron chi connectivity index (χ3n) is 9.18. The fraction of sp³-hybridized carbons (Fsp3) is 0.0488. The first-order valence-electron chi connectivity index (χ1n) is 15.2.